The molecule has 1 unspecified atom stereocenters. The van der Waals surface area contributed by atoms with Crippen molar-refractivity contribution in [1.82, 2.24) is 19.4 Å². The van der Waals surface area contributed by atoms with Crippen molar-refractivity contribution < 1.29 is 18.3 Å². The zero-order chi connectivity index (χ0) is 27.2. The summed E-state index contributed by atoms with van der Waals surface area (Å²) in [6.07, 6.45) is 1.10. The highest BCUT2D eigenvalue weighted by Gasteiger charge is 2.41. The average molecular weight is 523 g/mol. The van der Waals surface area contributed by atoms with Gasteiger partial charge in [-0.2, -0.15) is 10.2 Å². The number of benzene rings is 1. The molecule has 11 heteroatoms. The Labute approximate surface area is 218 Å². The number of nitrogens with zero attached hydrogens (tertiary/aromatic N) is 5. The molecule has 1 aliphatic carbocycles. The molecule has 9 nitrogen and oxygen atoms in total. The predicted octanol–water partition coefficient (Wildman–Crippen LogP) is 5.06. The van der Waals surface area contributed by atoms with E-state index in [0.29, 0.717) is 30.6 Å². The summed E-state index contributed by atoms with van der Waals surface area (Å²) >= 11 is 0. The number of hydrogen-bond donors (Lipinski definition) is 1. The maximum absolute atomic E-state index is 14.0. The Hall–Kier alpha value is -4.07. The van der Waals surface area contributed by atoms with Crippen LogP contribution in [0.1, 0.15) is 62.8 Å². The molecule has 0 bridgehead atoms. The molecule has 0 radical (unpaired) electrons. The number of nitriles is 1. The van der Waals surface area contributed by atoms with E-state index in [9.17, 15) is 23.6 Å². The lowest BCUT2D eigenvalue weighted by atomic mass is 9.99. The minimum Gasteiger partial charge on any atom is -0.444 e. The highest BCUT2D eigenvalue weighted by atomic mass is 19.3. The van der Waals surface area contributed by atoms with E-state index in [1.165, 1.54) is 16.8 Å². The Morgan fingerprint density at radius 1 is 1.26 bits per heavy atom. The number of nitrogens with one attached hydrogen (secondary N) is 1. The highest BCUT2D eigenvalue weighted by Crippen LogP contribution is 2.41. The number of hydrogen-bond acceptors (Lipinski definition) is 7. The van der Waals surface area contributed by atoms with Crippen molar-refractivity contribution in [2.45, 2.75) is 70.6 Å². The Morgan fingerprint density at radius 2 is 2.05 bits per heavy atom. The van der Waals surface area contributed by atoms with E-state index in [0.717, 1.165) is 11.1 Å². The number of ether oxygens (including phenoxy) is 1. The standard InChI is InChI=1S/C27H28F2N6O3/c1-26(2,3)38-25(37)34-9-7-16-11-20(5-4-17(16)15-34)32-24-31-14-19-10-18(13-30)23(36)35(22(19)33-24)21-6-8-27(28,29)12-21/h4-5,10-11,14,21H,6-9,12,15H2,1-3H3,(H,31,32,33). The molecule has 1 aliphatic heterocycles. The number of carbonyl (C=O) groups excluding carboxylic acids is 1. The van der Waals surface area contributed by atoms with Gasteiger partial charge in [-0.25, -0.2) is 18.6 Å². The monoisotopic (exact) mass is 522 g/mol. The van der Waals surface area contributed by atoms with E-state index < -0.39 is 29.5 Å². The van der Waals surface area contributed by atoms with Gasteiger partial charge in [0.15, 0.2) is 0 Å². The van der Waals surface area contributed by atoms with Crippen molar-refractivity contribution in [2.24, 2.45) is 0 Å². The normalized spacial score (nSPS) is 18.6. The number of halogens is 2. The SMILES string of the molecule is CC(C)(C)OC(=O)N1CCc2cc(Nc3ncc4cc(C#N)c(=O)n(C5CCC(F)(F)C5)c4n3)ccc2C1. The van der Waals surface area contributed by atoms with Crippen LogP contribution in [0.2, 0.25) is 0 Å². The van der Waals surface area contributed by atoms with Crippen LogP contribution >= 0.6 is 0 Å². The largest absolute Gasteiger partial charge is 0.444 e. The summed E-state index contributed by atoms with van der Waals surface area (Å²) < 4.78 is 34.7. The van der Waals surface area contributed by atoms with Crippen LogP contribution in [-0.2, 0) is 17.7 Å². The van der Waals surface area contributed by atoms with Gasteiger partial charge in [0.25, 0.3) is 5.56 Å². The molecule has 1 N–H and O–H groups in total. The maximum Gasteiger partial charge on any atom is 0.410 e. The fourth-order valence-corrected chi connectivity index (χ4v) is 4.99. The predicted molar refractivity (Wildman–Crippen MR) is 136 cm³/mol. The van der Waals surface area contributed by atoms with E-state index in [1.54, 1.807) is 4.90 Å². The summed E-state index contributed by atoms with van der Waals surface area (Å²) in [5.74, 6) is -2.67. The third-order valence-electron chi connectivity index (χ3n) is 6.76. The first-order valence-corrected chi connectivity index (χ1v) is 12.5. The lowest BCUT2D eigenvalue weighted by Crippen LogP contribution is -2.39. The molecule has 1 aromatic carbocycles. The fourth-order valence-electron chi connectivity index (χ4n) is 4.99. The van der Waals surface area contributed by atoms with Gasteiger partial charge < -0.3 is 15.0 Å². The summed E-state index contributed by atoms with van der Waals surface area (Å²) in [4.78, 5) is 35.9. The lowest BCUT2D eigenvalue weighted by Gasteiger charge is -2.31. The van der Waals surface area contributed by atoms with Crippen molar-refractivity contribution in [3.05, 3.63) is 57.5 Å². The van der Waals surface area contributed by atoms with Crippen LogP contribution in [0, 0.1) is 11.3 Å². The Bertz CT molecular complexity index is 1520. The minimum atomic E-state index is -2.87. The van der Waals surface area contributed by atoms with Crippen molar-refractivity contribution in [1.29, 1.82) is 5.26 Å². The molecular formula is C27H28F2N6O3. The number of anilines is 2. The van der Waals surface area contributed by atoms with Crippen molar-refractivity contribution in [3.63, 3.8) is 0 Å². The Kier molecular flexibility index (Phi) is 6.29. The van der Waals surface area contributed by atoms with Gasteiger partial charge in [0.1, 0.15) is 22.9 Å². The molecular weight excluding hydrogens is 494 g/mol. The lowest BCUT2D eigenvalue weighted by molar-refractivity contribution is 0.00561. The first kappa shape index (κ1) is 25.6. The van der Waals surface area contributed by atoms with Crippen LogP contribution in [0.25, 0.3) is 11.0 Å². The Morgan fingerprint density at radius 3 is 2.74 bits per heavy atom. The molecule has 3 aromatic rings. The number of carbonyl (C=O) groups is 1. The molecule has 1 fully saturated rings. The number of alkyl halides is 2. The molecule has 2 aromatic heterocycles. The van der Waals surface area contributed by atoms with E-state index in [4.69, 9.17) is 4.74 Å². The van der Waals surface area contributed by atoms with Crippen molar-refractivity contribution >= 4 is 28.8 Å². The van der Waals surface area contributed by atoms with E-state index in [1.807, 2.05) is 45.0 Å². The summed E-state index contributed by atoms with van der Waals surface area (Å²) in [7, 11) is 0. The van der Waals surface area contributed by atoms with Crippen LogP contribution in [0.4, 0.5) is 25.2 Å². The fraction of sp³-hybridized carbons (Fsp3) is 0.444. The molecule has 3 heterocycles. The zero-order valence-electron chi connectivity index (χ0n) is 21.4. The van der Waals surface area contributed by atoms with E-state index in [-0.39, 0.29) is 36.1 Å². The van der Waals surface area contributed by atoms with Gasteiger partial charge in [-0.15, -0.1) is 0 Å². The van der Waals surface area contributed by atoms with Gasteiger partial charge in [0.05, 0.1) is 0 Å². The second kappa shape index (κ2) is 9.35. The van der Waals surface area contributed by atoms with Crippen molar-refractivity contribution in [2.75, 3.05) is 11.9 Å². The Balaban J connectivity index is 1.41. The third kappa shape index (κ3) is 5.16. The molecule has 38 heavy (non-hydrogen) atoms. The number of fused-ring (bicyclic) bond motifs is 2. The van der Waals surface area contributed by atoms with Crippen LogP contribution in [0.5, 0.6) is 0 Å². The summed E-state index contributed by atoms with van der Waals surface area (Å²) in [6, 6.07) is 8.20. The number of amides is 1. The molecule has 1 saturated carbocycles. The van der Waals surface area contributed by atoms with E-state index in [2.05, 4.69) is 15.3 Å². The van der Waals surface area contributed by atoms with Gasteiger partial charge in [-0.3, -0.25) is 9.36 Å². The number of pyridine rings is 1. The zero-order valence-corrected chi connectivity index (χ0v) is 21.4. The molecule has 0 saturated heterocycles. The van der Waals surface area contributed by atoms with Gasteiger partial charge in [-0.05, 0) is 62.9 Å². The van der Waals surface area contributed by atoms with E-state index >= 15 is 0 Å². The van der Waals surface area contributed by atoms with Gasteiger partial charge in [-0.1, -0.05) is 6.07 Å². The van der Waals surface area contributed by atoms with Crippen LogP contribution in [0.15, 0.2) is 35.3 Å². The van der Waals surface area contributed by atoms with Gasteiger partial charge in [0.2, 0.25) is 11.9 Å². The van der Waals surface area contributed by atoms with Crippen LogP contribution < -0.4 is 10.9 Å². The summed E-state index contributed by atoms with van der Waals surface area (Å²) in [6.45, 7) is 6.47. The first-order chi connectivity index (χ1) is 17.9. The molecule has 198 valence electrons. The first-order valence-electron chi connectivity index (χ1n) is 12.5. The molecule has 0 spiro atoms. The second-order valence-corrected chi connectivity index (χ2v) is 10.8. The van der Waals surface area contributed by atoms with Crippen molar-refractivity contribution in [3.8, 4) is 6.07 Å². The summed E-state index contributed by atoms with van der Waals surface area (Å²) in [5.41, 5.74) is 1.67. The third-order valence-corrected chi connectivity index (χ3v) is 6.76. The maximum atomic E-state index is 14.0. The number of rotatable bonds is 3. The van der Waals surface area contributed by atoms with Crippen LogP contribution in [-0.4, -0.2) is 43.6 Å². The topological polar surface area (TPSA) is 113 Å². The second-order valence-electron chi connectivity index (χ2n) is 10.8. The highest BCUT2D eigenvalue weighted by molar-refractivity contribution is 5.77. The molecule has 1 amide bonds. The van der Waals surface area contributed by atoms with Crippen LogP contribution in [0.3, 0.4) is 0 Å². The average Bonchev–Trinajstić information content (AvgIpc) is 3.21. The van der Waals surface area contributed by atoms with Gasteiger partial charge >= 0.3 is 6.09 Å². The van der Waals surface area contributed by atoms with Gasteiger partial charge in [0, 0.05) is 49.2 Å². The molecule has 5 rings (SSSR count). The minimum absolute atomic E-state index is 0.120. The quantitative estimate of drug-likeness (QED) is 0.512. The molecule has 1 atom stereocenters. The summed E-state index contributed by atoms with van der Waals surface area (Å²) in [5, 5.41) is 13.0. The number of aromatic nitrogens is 3. The molecule has 2 aliphatic rings. The smallest absolute Gasteiger partial charge is 0.410 e.